The zero-order valence-electron chi connectivity index (χ0n) is 15.8. The lowest BCUT2D eigenvalue weighted by Crippen LogP contribution is -2.28. The second-order valence-electron chi connectivity index (χ2n) is 6.39. The van der Waals surface area contributed by atoms with Gasteiger partial charge in [0, 0.05) is 22.9 Å². The number of ether oxygens (including phenoxy) is 2. The van der Waals surface area contributed by atoms with Crippen molar-refractivity contribution in [3.05, 3.63) is 67.9 Å². The molecule has 2 aromatic heterocycles. The lowest BCUT2D eigenvalue weighted by atomic mass is 10.3. The summed E-state index contributed by atoms with van der Waals surface area (Å²) in [5.74, 6) is -0.203. The van der Waals surface area contributed by atoms with E-state index in [0.717, 1.165) is 16.7 Å². The molecule has 0 bridgehead atoms. The molecule has 6 nitrogen and oxygen atoms in total. The van der Waals surface area contributed by atoms with Crippen LogP contribution < -0.4 is 20.1 Å². The van der Waals surface area contributed by atoms with E-state index in [1.165, 1.54) is 12.4 Å². The van der Waals surface area contributed by atoms with Crippen LogP contribution in [-0.2, 0) is 0 Å². The van der Waals surface area contributed by atoms with Gasteiger partial charge in [0.1, 0.15) is 19.0 Å². The Morgan fingerprint density at radius 1 is 0.900 bits per heavy atom. The largest absolute Gasteiger partial charge is 0.490 e. The van der Waals surface area contributed by atoms with E-state index in [1.54, 1.807) is 12.1 Å². The van der Waals surface area contributed by atoms with Crippen LogP contribution in [-0.4, -0.2) is 48.4 Å². The summed E-state index contributed by atoms with van der Waals surface area (Å²) in [5.41, 5.74) is 0. The molecule has 4 heterocycles. The van der Waals surface area contributed by atoms with Gasteiger partial charge in [-0.05, 0) is 57.3 Å². The number of hydrogen-bond acceptors (Lipinski definition) is 6. The van der Waals surface area contributed by atoms with Crippen LogP contribution in [0.5, 0.6) is 11.5 Å². The predicted octanol–water partition coefficient (Wildman–Crippen LogP) is 3.46. The second kappa shape index (κ2) is 11.9. The molecule has 0 aliphatic carbocycles. The molecule has 0 amide bonds. The molecule has 0 fully saturated rings. The zero-order valence-corrected chi connectivity index (χ0v) is 20.1. The van der Waals surface area contributed by atoms with Crippen molar-refractivity contribution in [1.29, 1.82) is 0 Å². The van der Waals surface area contributed by atoms with Gasteiger partial charge in [-0.3, -0.25) is 0 Å². The lowest BCUT2D eigenvalue weighted by molar-refractivity contribution is 0.276. The number of halogens is 4. The van der Waals surface area contributed by atoms with Crippen molar-refractivity contribution in [1.82, 2.24) is 20.6 Å². The molecule has 160 valence electrons. The van der Waals surface area contributed by atoms with E-state index in [2.05, 4.69) is 55.3 Å². The molecule has 2 atom stereocenters. The summed E-state index contributed by atoms with van der Waals surface area (Å²) in [6.07, 6.45) is 11.0. The van der Waals surface area contributed by atoms with E-state index in [0.29, 0.717) is 22.5 Å². The van der Waals surface area contributed by atoms with Gasteiger partial charge in [0.2, 0.25) is 5.95 Å². The molecule has 2 unspecified atom stereocenters. The van der Waals surface area contributed by atoms with Crippen molar-refractivity contribution in [2.24, 2.45) is 0 Å². The highest BCUT2D eigenvalue weighted by atomic mass is 127. The first kappa shape index (κ1) is 23.3. The zero-order chi connectivity index (χ0) is 21.3. The van der Waals surface area contributed by atoms with Gasteiger partial charge < -0.3 is 20.1 Å². The molecule has 0 radical (unpaired) electrons. The van der Waals surface area contributed by atoms with Gasteiger partial charge in [0.25, 0.3) is 5.95 Å². The van der Waals surface area contributed by atoms with E-state index in [4.69, 9.17) is 9.47 Å². The Kier molecular flexibility index (Phi) is 9.21. The van der Waals surface area contributed by atoms with Gasteiger partial charge in [-0.1, -0.05) is 24.3 Å². The van der Waals surface area contributed by atoms with Gasteiger partial charge in [-0.25, -0.2) is 9.97 Å². The number of rotatable bonds is 6. The van der Waals surface area contributed by atoms with Gasteiger partial charge >= 0.3 is 0 Å². The quantitative estimate of drug-likeness (QED) is 0.287. The van der Waals surface area contributed by atoms with Crippen LogP contribution in [0.4, 0.5) is 8.78 Å². The molecule has 0 aromatic carbocycles. The molecular formula is C20H20F2I2N4O2. The first-order valence-electron chi connectivity index (χ1n) is 9.19. The van der Waals surface area contributed by atoms with Crippen LogP contribution in [0.25, 0.3) is 0 Å². The topological polar surface area (TPSA) is 68.3 Å². The summed E-state index contributed by atoms with van der Waals surface area (Å²) in [6.45, 7) is 2.70. The molecule has 30 heavy (non-hydrogen) atoms. The van der Waals surface area contributed by atoms with Gasteiger partial charge in [0.15, 0.2) is 5.75 Å². The number of hydrogen-bond donors (Lipinski definition) is 2. The Balaban J connectivity index is 0.000000171. The van der Waals surface area contributed by atoms with E-state index in [9.17, 15) is 8.78 Å². The summed E-state index contributed by atoms with van der Waals surface area (Å²) >= 11 is 3.96. The SMILES string of the molecule is [18F]c1ncc(I)cc1OCC1C=CCN1.[18F]c1ncc(OCC2C=CCN2)cc1I. The fourth-order valence-corrected chi connectivity index (χ4v) is 3.49. The third kappa shape index (κ3) is 7.39. The number of nitrogens with one attached hydrogen (secondary N) is 2. The van der Waals surface area contributed by atoms with Gasteiger partial charge in [-0.15, -0.1) is 0 Å². The van der Waals surface area contributed by atoms with Crippen molar-refractivity contribution >= 4 is 45.2 Å². The van der Waals surface area contributed by atoms with Crippen molar-refractivity contribution in [3.63, 3.8) is 0 Å². The highest BCUT2D eigenvalue weighted by Crippen LogP contribution is 2.18. The molecule has 0 saturated carbocycles. The van der Waals surface area contributed by atoms with E-state index in [1.807, 2.05) is 34.7 Å². The minimum absolute atomic E-state index is 0.169. The maximum atomic E-state index is 13.2. The maximum absolute atomic E-state index is 13.2. The summed E-state index contributed by atoms with van der Waals surface area (Å²) in [7, 11) is 0. The predicted molar refractivity (Wildman–Crippen MR) is 127 cm³/mol. The van der Waals surface area contributed by atoms with Crippen LogP contribution in [0.3, 0.4) is 0 Å². The van der Waals surface area contributed by atoms with E-state index >= 15 is 0 Å². The average Bonchev–Trinajstić information content (AvgIpc) is 3.44. The lowest BCUT2D eigenvalue weighted by Gasteiger charge is -2.11. The minimum atomic E-state index is -0.558. The first-order valence-corrected chi connectivity index (χ1v) is 11.3. The molecule has 0 saturated heterocycles. The van der Waals surface area contributed by atoms with Gasteiger partial charge in [0.05, 0.1) is 21.9 Å². The molecule has 2 aliphatic rings. The van der Waals surface area contributed by atoms with Crippen molar-refractivity contribution in [3.8, 4) is 11.5 Å². The monoisotopic (exact) mass is 638 g/mol. The van der Waals surface area contributed by atoms with Crippen molar-refractivity contribution < 1.29 is 18.3 Å². The Hall–Kier alpha value is -1.38. The highest BCUT2D eigenvalue weighted by molar-refractivity contribution is 14.1. The van der Waals surface area contributed by atoms with E-state index < -0.39 is 11.9 Å². The van der Waals surface area contributed by atoms with E-state index in [-0.39, 0.29) is 17.8 Å². The van der Waals surface area contributed by atoms with Crippen LogP contribution in [0, 0.1) is 19.0 Å². The summed E-state index contributed by atoms with van der Waals surface area (Å²) in [5, 5.41) is 6.40. The molecule has 0 spiro atoms. The fraction of sp³-hybridized carbons (Fsp3) is 0.300. The maximum Gasteiger partial charge on any atom is 0.255 e. The molecule has 2 N–H and O–H groups in total. The Labute approximate surface area is 200 Å². The summed E-state index contributed by atoms with van der Waals surface area (Å²) in [4.78, 5) is 7.17. The van der Waals surface area contributed by atoms with Gasteiger partial charge in [-0.2, -0.15) is 8.78 Å². The second-order valence-corrected chi connectivity index (χ2v) is 8.80. The molecule has 2 aromatic rings. The standard InChI is InChI=1S/2C10H10FIN2O/c11-10-9(4-7(12)5-14-10)15-6-8-2-1-3-13-8;11-10-9(12)4-8(5-14-10)15-6-7-2-1-3-13-7/h1-2,4-5,8,13H,3,6H2;1-2,4-5,7,13H,3,6H2/i2*11-1. The summed E-state index contributed by atoms with van der Waals surface area (Å²) in [6, 6.07) is 3.69. The smallest absolute Gasteiger partial charge is 0.255 e. The number of pyridine rings is 2. The number of aromatic nitrogens is 2. The van der Waals surface area contributed by atoms with Crippen LogP contribution in [0.2, 0.25) is 0 Å². The number of nitrogens with zero attached hydrogens (tertiary/aromatic N) is 2. The molecule has 4 rings (SSSR count). The normalized spacial score (nSPS) is 19.5. The molecule has 10 heteroatoms. The highest BCUT2D eigenvalue weighted by Gasteiger charge is 2.12. The third-order valence-electron chi connectivity index (χ3n) is 4.13. The van der Waals surface area contributed by atoms with Crippen LogP contribution in [0.15, 0.2) is 48.8 Å². The first-order chi connectivity index (χ1) is 14.5. The fourth-order valence-electron chi connectivity index (χ4n) is 2.62. The average molecular weight is 638 g/mol. The van der Waals surface area contributed by atoms with Crippen LogP contribution in [0.1, 0.15) is 0 Å². The molecule has 2 aliphatic heterocycles. The van der Waals surface area contributed by atoms with Crippen molar-refractivity contribution in [2.75, 3.05) is 26.3 Å². The Bertz CT molecular complexity index is 914. The van der Waals surface area contributed by atoms with Crippen molar-refractivity contribution in [2.45, 2.75) is 12.1 Å². The molecular weight excluding hydrogens is 618 g/mol. The van der Waals surface area contributed by atoms with Crippen LogP contribution >= 0.6 is 45.2 Å². The Morgan fingerprint density at radius 3 is 2.13 bits per heavy atom. The third-order valence-corrected chi connectivity index (χ3v) is 5.47. The summed E-state index contributed by atoms with van der Waals surface area (Å²) < 4.78 is 38.2. The minimum Gasteiger partial charge on any atom is -0.490 e. The Morgan fingerprint density at radius 2 is 1.53 bits per heavy atom.